The maximum Gasteiger partial charge on any atom is 1.00 e. The van der Waals surface area contributed by atoms with E-state index in [1.54, 1.807) is 12.1 Å². The number of aromatic carboxylic acids is 1. The van der Waals surface area contributed by atoms with Gasteiger partial charge < -0.3 is 14.8 Å². The largest absolute Gasteiger partial charge is 1.00 e. The first kappa shape index (κ1) is 26.4. The maximum atomic E-state index is 13.6. The molecule has 180 valence electrons. The number of amides is 1. The van der Waals surface area contributed by atoms with Gasteiger partial charge in [0.2, 0.25) is 5.91 Å². The maximum absolute atomic E-state index is 13.6. The van der Waals surface area contributed by atoms with Crippen LogP contribution in [0.2, 0.25) is 0 Å². The van der Waals surface area contributed by atoms with E-state index in [2.05, 4.69) is 43.0 Å². The zero-order valence-electron chi connectivity index (χ0n) is 21.5. The van der Waals surface area contributed by atoms with E-state index >= 15 is 0 Å². The second-order valence-corrected chi connectivity index (χ2v) is 11.5. The first-order chi connectivity index (χ1) is 16.3. The molecule has 4 fully saturated rings. The number of carbonyl (C=O) groups is 2. The first-order valence-corrected chi connectivity index (χ1v) is 13.0. The number of carboxylic acids is 1. The van der Waals surface area contributed by atoms with Crippen LogP contribution in [0.15, 0.2) is 48.5 Å². The summed E-state index contributed by atoms with van der Waals surface area (Å²) in [5.41, 5.74) is 3.78. The van der Waals surface area contributed by atoms with Crippen LogP contribution in [0.3, 0.4) is 0 Å². The van der Waals surface area contributed by atoms with Crippen molar-refractivity contribution in [3.63, 3.8) is 0 Å². The van der Waals surface area contributed by atoms with Gasteiger partial charge in [0.25, 0.3) is 0 Å². The number of carbonyl (C=O) groups excluding carboxylic acids is 2. The van der Waals surface area contributed by atoms with Crippen molar-refractivity contribution in [3.05, 3.63) is 59.7 Å². The molecular formula is C30H36NNaO3. The molecule has 0 heterocycles. The summed E-state index contributed by atoms with van der Waals surface area (Å²) < 4.78 is 0. The molecule has 0 N–H and O–H groups in total. The molecule has 0 spiro atoms. The van der Waals surface area contributed by atoms with Crippen molar-refractivity contribution in [3.8, 4) is 11.1 Å². The summed E-state index contributed by atoms with van der Waals surface area (Å²) in [7, 11) is 0. The fourth-order valence-corrected chi connectivity index (χ4v) is 6.95. The topological polar surface area (TPSA) is 60.4 Å². The molecular weight excluding hydrogens is 445 g/mol. The molecule has 4 saturated carbocycles. The van der Waals surface area contributed by atoms with Gasteiger partial charge in [-0.1, -0.05) is 75.2 Å². The van der Waals surface area contributed by atoms with Crippen LogP contribution in [-0.4, -0.2) is 23.3 Å². The van der Waals surface area contributed by atoms with E-state index < -0.39 is 5.97 Å². The van der Waals surface area contributed by atoms with Crippen LogP contribution >= 0.6 is 0 Å². The van der Waals surface area contributed by atoms with Crippen molar-refractivity contribution in [1.29, 1.82) is 0 Å². The van der Waals surface area contributed by atoms with E-state index in [1.165, 1.54) is 32.1 Å². The van der Waals surface area contributed by atoms with Crippen LogP contribution in [0.25, 0.3) is 11.1 Å². The number of fused-ring (bicyclic) bond motifs is 2. The summed E-state index contributed by atoms with van der Waals surface area (Å²) in [6.07, 6.45) is 8.34. The van der Waals surface area contributed by atoms with Gasteiger partial charge in [0, 0.05) is 19.0 Å². The molecule has 2 aromatic carbocycles. The van der Waals surface area contributed by atoms with Crippen LogP contribution < -0.4 is 34.7 Å². The van der Waals surface area contributed by atoms with Gasteiger partial charge in [0.05, 0.1) is 5.97 Å². The second kappa shape index (κ2) is 10.8. The number of hydrogen-bond donors (Lipinski definition) is 0. The zero-order valence-corrected chi connectivity index (χ0v) is 23.5. The Balaban J connectivity index is 0.00000289. The molecule has 0 aromatic heterocycles. The standard InChI is InChI=1S/C30H37NO3.Na/c1-30(2)26-16-15-25(27(30)17-26)19-31(28(32)23-5-3-4-6-23)18-20-7-9-21(10-8-20)22-11-13-24(14-12-22)29(33)34;/h7-14,23,25-27H,3-6,15-19H2,1-2H3,(H,33,34);/q;+1/p-1/t25-,26-,27-;/m0./s1. The average molecular weight is 482 g/mol. The van der Waals surface area contributed by atoms with E-state index in [0.717, 1.165) is 47.9 Å². The fraction of sp³-hybridized carbons (Fsp3) is 0.533. The zero-order chi connectivity index (χ0) is 23.9. The molecule has 4 nitrogen and oxygen atoms in total. The molecule has 4 aliphatic rings. The third kappa shape index (κ3) is 5.40. The van der Waals surface area contributed by atoms with Crippen molar-refractivity contribution >= 4 is 11.9 Å². The van der Waals surface area contributed by atoms with E-state index in [9.17, 15) is 14.7 Å². The van der Waals surface area contributed by atoms with Gasteiger partial charge >= 0.3 is 29.6 Å². The summed E-state index contributed by atoms with van der Waals surface area (Å²) in [6.45, 7) is 6.42. The molecule has 2 bridgehead atoms. The van der Waals surface area contributed by atoms with E-state index in [4.69, 9.17) is 0 Å². The Morgan fingerprint density at radius 3 is 2.06 bits per heavy atom. The molecule has 0 unspecified atom stereocenters. The molecule has 0 radical (unpaired) electrons. The minimum Gasteiger partial charge on any atom is -0.545 e. The van der Waals surface area contributed by atoms with Crippen molar-refractivity contribution in [1.82, 2.24) is 4.90 Å². The van der Waals surface area contributed by atoms with Gasteiger partial charge in [0.15, 0.2) is 0 Å². The minimum atomic E-state index is -1.16. The van der Waals surface area contributed by atoms with Gasteiger partial charge in [-0.15, -0.1) is 0 Å². The summed E-state index contributed by atoms with van der Waals surface area (Å²) in [5.74, 6) is 1.64. The molecule has 35 heavy (non-hydrogen) atoms. The molecule has 6 rings (SSSR count). The van der Waals surface area contributed by atoms with E-state index in [1.807, 2.05) is 12.1 Å². The Morgan fingerprint density at radius 1 is 0.914 bits per heavy atom. The average Bonchev–Trinajstić information content (AvgIpc) is 3.39. The van der Waals surface area contributed by atoms with Crippen LogP contribution in [0.5, 0.6) is 0 Å². The summed E-state index contributed by atoms with van der Waals surface area (Å²) >= 11 is 0. The summed E-state index contributed by atoms with van der Waals surface area (Å²) in [5, 5.41) is 11.0. The number of benzene rings is 2. The molecule has 4 aliphatic carbocycles. The second-order valence-electron chi connectivity index (χ2n) is 11.5. The Morgan fingerprint density at radius 2 is 1.51 bits per heavy atom. The normalized spacial score (nSPS) is 24.8. The van der Waals surface area contributed by atoms with Crippen molar-refractivity contribution in [2.75, 3.05) is 6.54 Å². The van der Waals surface area contributed by atoms with Gasteiger partial charge in [0.1, 0.15) is 0 Å². The van der Waals surface area contributed by atoms with Crippen LogP contribution in [0.4, 0.5) is 0 Å². The Kier molecular flexibility index (Phi) is 8.15. The van der Waals surface area contributed by atoms with Gasteiger partial charge in [-0.2, -0.15) is 0 Å². The van der Waals surface area contributed by atoms with E-state index in [0.29, 0.717) is 23.8 Å². The SMILES string of the molecule is CC1(C)[C@H]2CC[C@@H](CN(Cc3ccc(-c4ccc(C(=O)[O-])cc4)cc3)C(=O)C3CCCC3)[C@@H]1C2.[Na+]. The molecule has 1 amide bonds. The predicted octanol–water partition coefficient (Wildman–Crippen LogP) is 2.31. The first-order valence-electron chi connectivity index (χ1n) is 13.0. The van der Waals surface area contributed by atoms with Gasteiger partial charge in [-0.25, -0.2) is 0 Å². The van der Waals surface area contributed by atoms with E-state index in [-0.39, 0.29) is 41.0 Å². The van der Waals surface area contributed by atoms with Crippen LogP contribution in [-0.2, 0) is 11.3 Å². The number of nitrogens with zero attached hydrogens (tertiary/aromatic N) is 1. The quantitative estimate of drug-likeness (QED) is 0.571. The Bertz CT molecular complexity index is 1040. The Labute approximate surface area is 231 Å². The number of rotatable bonds is 7. The van der Waals surface area contributed by atoms with Crippen LogP contribution in [0, 0.1) is 29.1 Å². The molecule has 0 saturated heterocycles. The fourth-order valence-electron chi connectivity index (χ4n) is 6.95. The molecule has 2 aromatic rings. The monoisotopic (exact) mass is 481 g/mol. The smallest absolute Gasteiger partial charge is 0.545 e. The molecule has 5 heteroatoms. The summed E-state index contributed by atoms with van der Waals surface area (Å²) in [4.78, 5) is 26.7. The number of carboxylic acid groups (broad SMARTS) is 1. The third-order valence-electron chi connectivity index (χ3n) is 9.25. The molecule has 3 atom stereocenters. The van der Waals surface area contributed by atoms with Crippen molar-refractivity contribution in [2.24, 2.45) is 29.1 Å². The number of hydrogen-bond acceptors (Lipinski definition) is 3. The van der Waals surface area contributed by atoms with Crippen molar-refractivity contribution in [2.45, 2.75) is 65.3 Å². The third-order valence-corrected chi connectivity index (χ3v) is 9.25. The minimum absolute atomic E-state index is 0. The van der Waals surface area contributed by atoms with Gasteiger partial charge in [-0.3, -0.25) is 4.79 Å². The molecule has 0 aliphatic heterocycles. The van der Waals surface area contributed by atoms with Crippen molar-refractivity contribution < 1.29 is 44.3 Å². The Hall–Kier alpha value is -1.62. The summed E-state index contributed by atoms with van der Waals surface area (Å²) in [6, 6.07) is 15.2. The van der Waals surface area contributed by atoms with Crippen LogP contribution in [0.1, 0.15) is 74.7 Å². The van der Waals surface area contributed by atoms with Gasteiger partial charge in [-0.05, 0) is 77.5 Å². The predicted molar refractivity (Wildman–Crippen MR) is 132 cm³/mol.